The molecule has 2 nitrogen and oxygen atoms in total. The van der Waals surface area contributed by atoms with Crippen LogP contribution in [0.2, 0.25) is 0 Å². The molecule has 1 unspecified atom stereocenters. The van der Waals surface area contributed by atoms with Gasteiger partial charge in [-0.2, -0.15) is 0 Å². The van der Waals surface area contributed by atoms with Crippen LogP contribution in [-0.4, -0.2) is 42.0 Å². The Kier molecular flexibility index (Phi) is 3.54. The highest BCUT2D eigenvalue weighted by Crippen LogP contribution is 2.36. The topological polar surface area (TPSA) is 7.45 Å². The van der Waals surface area contributed by atoms with E-state index in [1.165, 1.54) is 70.1 Å². The predicted molar refractivity (Wildman–Crippen MR) is 93.3 cm³/mol. The van der Waals surface area contributed by atoms with Crippen molar-refractivity contribution in [1.29, 1.82) is 0 Å². The van der Waals surface area contributed by atoms with Gasteiger partial charge in [0.1, 0.15) is 0 Å². The van der Waals surface area contributed by atoms with E-state index in [2.05, 4.69) is 34.9 Å². The second kappa shape index (κ2) is 5.73. The number of benzene rings is 1. The van der Waals surface area contributed by atoms with Crippen molar-refractivity contribution < 1.29 is 9.48 Å². The summed E-state index contributed by atoms with van der Waals surface area (Å²) in [6.07, 6.45) is 10.1. The van der Waals surface area contributed by atoms with Crippen LogP contribution in [0, 0.1) is 11.8 Å². The first-order valence-electron chi connectivity index (χ1n) is 9.92. The first-order valence-corrected chi connectivity index (χ1v) is 9.92. The van der Waals surface area contributed by atoms with Gasteiger partial charge in [-0.05, 0) is 37.8 Å². The van der Waals surface area contributed by atoms with E-state index in [1.54, 1.807) is 5.71 Å². The molecule has 2 heteroatoms. The minimum absolute atomic E-state index is 0.839. The van der Waals surface area contributed by atoms with Gasteiger partial charge in [-0.15, -0.1) is 0 Å². The van der Waals surface area contributed by atoms with Crippen LogP contribution in [0.1, 0.15) is 50.5 Å². The monoisotopic (exact) mass is 310 g/mol. The molecule has 1 N–H and O–H groups in total. The van der Waals surface area contributed by atoms with Gasteiger partial charge in [0, 0.05) is 24.8 Å². The number of piperidine rings is 3. The van der Waals surface area contributed by atoms with Crippen molar-refractivity contribution in [1.82, 2.24) is 0 Å². The summed E-state index contributed by atoms with van der Waals surface area (Å²) in [4.78, 5) is 1.98. The number of hydrogen-bond donors (Lipinski definition) is 1. The maximum absolute atomic E-state index is 2.88. The van der Waals surface area contributed by atoms with Crippen LogP contribution in [0.5, 0.6) is 0 Å². The van der Waals surface area contributed by atoms with Crippen molar-refractivity contribution in [2.75, 3.05) is 19.6 Å². The molecule has 5 rings (SSSR count). The maximum atomic E-state index is 2.88. The van der Waals surface area contributed by atoms with Crippen molar-refractivity contribution in [3.8, 4) is 0 Å². The van der Waals surface area contributed by atoms with Gasteiger partial charge in [0.25, 0.3) is 0 Å². The molecule has 0 aromatic heterocycles. The Bertz CT molecular complexity index is 606. The summed E-state index contributed by atoms with van der Waals surface area (Å²) in [5.74, 6) is 1.91. The minimum atomic E-state index is 0.839. The number of nitrogens with zero attached hydrogens (tertiary/aromatic N) is 1. The molecule has 4 aliphatic rings. The van der Waals surface area contributed by atoms with Gasteiger partial charge in [-0.25, -0.2) is 4.58 Å². The Morgan fingerprint density at radius 1 is 0.957 bits per heavy atom. The smallest absolute Gasteiger partial charge is 0.183 e. The van der Waals surface area contributed by atoms with Crippen LogP contribution in [0.3, 0.4) is 0 Å². The van der Waals surface area contributed by atoms with Crippen molar-refractivity contribution in [3.63, 3.8) is 0 Å². The summed E-state index contributed by atoms with van der Waals surface area (Å²) in [5.41, 5.74) is 3.15. The zero-order valence-electron chi connectivity index (χ0n) is 14.2. The van der Waals surface area contributed by atoms with Gasteiger partial charge >= 0.3 is 0 Å². The summed E-state index contributed by atoms with van der Waals surface area (Å²) in [6.45, 7) is 4.27. The molecule has 0 amide bonds. The van der Waals surface area contributed by atoms with Crippen LogP contribution >= 0.6 is 0 Å². The molecule has 5 atom stereocenters. The highest BCUT2D eigenvalue weighted by molar-refractivity contribution is 5.97. The van der Waals surface area contributed by atoms with Crippen LogP contribution in [0.4, 0.5) is 0 Å². The van der Waals surface area contributed by atoms with Crippen molar-refractivity contribution >= 4 is 5.71 Å². The summed E-state index contributed by atoms with van der Waals surface area (Å²) < 4.78 is 2.88. The summed E-state index contributed by atoms with van der Waals surface area (Å²) in [6, 6.07) is 13.1. The summed E-state index contributed by atoms with van der Waals surface area (Å²) >= 11 is 0. The zero-order valence-corrected chi connectivity index (χ0v) is 14.2. The lowest BCUT2D eigenvalue weighted by molar-refractivity contribution is -0.951. The van der Waals surface area contributed by atoms with Crippen LogP contribution in [0.25, 0.3) is 0 Å². The number of hydrogen-bond acceptors (Lipinski definition) is 0. The second-order valence-corrected chi connectivity index (χ2v) is 8.40. The third-order valence-corrected chi connectivity index (χ3v) is 7.23. The number of quaternary nitrogens is 1. The predicted octanol–water partition coefficient (Wildman–Crippen LogP) is 2.13. The molecule has 0 aliphatic carbocycles. The average molecular weight is 310 g/mol. The largest absolute Gasteiger partial charge is 0.332 e. The van der Waals surface area contributed by atoms with Crippen LogP contribution in [-0.2, 0) is 0 Å². The second-order valence-electron chi connectivity index (χ2n) is 8.40. The van der Waals surface area contributed by atoms with Gasteiger partial charge < -0.3 is 4.90 Å². The number of rotatable bonds is 1. The Labute approximate surface area is 140 Å². The lowest BCUT2D eigenvalue weighted by Crippen LogP contribution is -3.19. The molecule has 0 radical (unpaired) electrons. The average Bonchev–Trinajstić information content (AvgIpc) is 2.62. The highest BCUT2D eigenvalue weighted by atomic mass is 15.2. The molecule has 3 saturated heterocycles. The van der Waals surface area contributed by atoms with E-state index in [0.29, 0.717) is 0 Å². The van der Waals surface area contributed by atoms with Gasteiger partial charge in [0.05, 0.1) is 31.0 Å². The van der Waals surface area contributed by atoms with Gasteiger partial charge in [0.2, 0.25) is 0 Å². The van der Waals surface area contributed by atoms with Crippen molar-refractivity contribution in [2.24, 2.45) is 11.8 Å². The standard InChI is InChI=1S/C21H29N2/c1-2-7-16(8-3-1)20-10-6-11-21-17-13-18(15-23(20)21)19-9-4-5-12-22(19)14-17/h1-3,7-8,17-19,21H,4-6,9-15H2/q+1/p+1/t17-,18-,19-,21+/m0/s1. The quantitative estimate of drug-likeness (QED) is 0.760. The van der Waals surface area contributed by atoms with Gasteiger partial charge in [-0.1, -0.05) is 18.2 Å². The van der Waals surface area contributed by atoms with Gasteiger partial charge in [-0.3, -0.25) is 0 Å². The SMILES string of the molecule is c1ccc(C2=[N+]3C[C@@H]4C[C@@H](C[NH+]5CCCC[C@@H]45)[C@H]3CCC2)cc1. The molecule has 1 aromatic carbocycles. The molecule has 0 spiro atoms. The van der Waals surface area contributed by atoms with Crippen molar-refractivity contribution in [3.05, 3.63) is 35.9 Å². The van der Waals surface area contributed by atoms with E-state index in [4.69, 9.17) is 0 Å². The third kappa shape index (κ3) is 2.38. The lowest BCUT2D eigenvalue weighted by atomic mass is 9.71. The van der Waals surface area contributed by atoms with Crippen LogP contribution in [0.15, 0.2) is 30.3 Å². The summed E-state index contributed by atoms with van der Waals surface area (Å²) in [5, 5.41) is 0. The summed E-state index contributed by atoms with van der Waals surface area (Å²) in [7, 11) is 0. The normalized spacial score (nSPS) is 39.6. The maximum Gasteiger partial charge on any atom is 0.183 e. The van der Waals surface area contributed by atoms with Crippen LogP contribution < -0.4 is 4.90 Å². The molecule has 23 heavy (non-hydrogen) atoms. The molecule has 3 fully saturated rings. The number of nitrogens with one attached hydrogen (secondary N) is 1. The van der Waals surface area contributed by atoms with E-state index >= 15 is 0 Å². The third-order valence-electron chi connectivity index (χ3n) is 7.23. The number of fused-ring (bicyclic) bond motifs is 6. The van der Waals surface area contributed by atoms with E-state index in [0.717, 1.165) is 23.9 Å². The van der Waals surface area contributed by atoms with Crippen molar-refractivity contribution in [2.45, 2.75) is 57.0 Å². The van der Waals surface area contributed by atoms with E-state index in [-0.39, 0.29) is 0 Å². The zero-order chi connectivity index (χ0) is 15.2. The van der Waals surface area contributed by atoms with E-state index in [1.807, 2.05) is 4.90 Å². The van der Waals surface area contributed by atoms with E-state index < -0.39 is 0 Å². The fourth-order valence-corrected chi connectivity index (χ4v) is 6.30. The Balaban J connectivity index is 1.52. The Morgan fingerprint density at radius 2 is 1.87 bits per heavy atom. The minimum Gasteiger partial charge on any atom is -0.332 e. The Hall–Kier alpha value is -1.15. The lowest BCUT2D eigenvalue weighted by Gasteiger charge is -2.48. The molecule has 4 aliphatic heterocycles. The molecule has 1 aromatic rings. The highest BCUT2D eigenvalue weighted by Gasteiger charge is 2.52. The molecule has 0 saturated carbocycles. The fourth-order valence-electron chi connectivity index (χ4n) is 6.30. The first kappa shape index (κ1) is 14.2. The fraction of sp³-hybridized carbons (Fsp3) is 0.667. The molecular weight excluding hydrogens is 280 g/mol. The molecular formula is C21H30N2+2. The van der Waals surface area contributed by atoms with E-state index in [9.17, 15) is 0 Å². The first-order chi connectivity index (χ1) is 11.4. The van der Waals surface area contributed by atoms with Gasteiger partial charge in [0.15, 0.2) is 18.3 Å². The Morgan fingerprint density at radius 3 is 2.78 bits per heavy atom. The molecule has 4 heterocycles. The molecule has 122 valence electrons. The molecule has 2 bridgehead atoms.